The van der Waals surface area contributed by atoms with Crippen molar-refractivity contribution in [3.8, 4) is 0 Å². The second kappa shape index (κ2) is 7.76. The molecule has 0 saturated carbocycles. The van der Waals surface area contributed by atoms with E-state index < -0.39 is 0 Å². The Morgan fingerprint density at radius 1 is 1.05 bits per heavy atom. The van der Waals surface area contributed by atoms with Crippen LogP contribution in [0.4, 0.5) is 0 Å². The minimum Gasteiger partial charge on any atom is -0.466 e. The molecule has 116 valence electrons. The van der Waals surface area contributed by atoms with Crippen LogP contribution in [-0.2, 0) is 16.0 Å². The highest BCUT2D eigenvalue weighted by Crippen LogP contribution is 2.17. The highest BCUT2D eigenvalue weighted by molar-refractivity contribution is 5.70. The fourth-order valence-corrected chi connectivity index (χ4v) is 2.34. The SMILES string of the molecule is CCOC(=O)CC(N)c1ccc(Cc2ccc(C)cc2)cc1. The summed E-state index contributed by atoms with van der Waals surface area (Å²) < 4.78 is 4.93. The number of hydrogen-bond acceptors (Lipinski definition) is 3. The summed E-state index contributed by atoms with van der Waals surface area (Å²) in [5.74, 6) is -0.251. The third-order valence-electron chi connectivity index (χ3n) is 3.63. The molecule has 0 spiro atoms. The molecule has 0 radical (unpaired) electrons. The zero-order valence-electron chi connectivity index (χ0n) is 13.2. The molecule has 2 N–H and O–H groups in total. The predicted molar refractivity (Wildman–Crippen MR) is 88.6 cm³/mol. The summed E-state index contributed by atoms with van der Waals surface area (Å²) in [6.45, 7) is 4.27. The van der Waals surface area contributed by atoms with Crippen molar-refractivity contribution in [3.63, 3.8) is 0 Å². The largest absolute Gasteiger partial charge is 0.466 e. The lowest BCUT2D eigenvalue weighted by Crippen LogP contribution is -2.17. The maximum Gasteiger partial charge on any atom is 0.307 e. The third kappa shape index (κ3) is 4.71. The molecule has 3 nitrogen and oxygen atoms in total. The Bertz CT molecular complexity index is 602. The lowest BCUT2D eigenvalue weighted by Gasteiger charge is -2.12. The van der Waals surface area contributed by atoms with Crippen LogP contribution in [0.1, 0.15) is 41.6 Å². The maximum atomic E-state index is 11.5. The Morgan fingerprint density at radius 3 is 2.14 bits per heavy atom. The van der Waals surface area contributed by atoms with E-state index in [1.54, 1.807) is 6.92 Å². The summed E-state index contributed by atoms with van der Waals surface area (Å²) in [6.07, 6.45) is 1.11. The molecular weight excluding hydrogens is 274 g/mol. The van der Waals surface area contributed by atoms with E-state index in [9.17, 15) is 4.79 Å². The molecule has 0 aromatic heterocycles. The summed E-state index contributed by atoms with van der Waals surface area (Å²) in [5, 5.41) is 0. The predicted octanol–water partition coefficient (Wildman–Crippen LogP) is 3.54. The van der Waals surface area contributed by atoms with Crippen LogP contribution in [0.15, 0.2) is 48.5 Å². The number of hydrogen-bond donors (Lipinski definition) is 1. The second-order valence-electron chi connectivity index (χ2n) is 5.52. The molecule has 0 heterocycles. The standard InChI is InChI=1S/C19H23NO2/c1-3-22-19(21)13-18(20)17-10-8-16(9-11-17)12-15-6-4-14(2)5-7-15/h4-11,18H,3,12-13,20H2,1-2H3. The van der Waals surface area contributed by atoms with Crippen molar-refractivity contribution in [1.82, 2.24) is 0 Å². The number of carbonyl (C=O) groups is 1. The summed E-state index contributed by atoms with van der Waals surface area (Å²) in [6, 6.07) is 16.4. The second-order valence-corrected chi connectivity index (χ2v) is 5.52. The van der Waals surface area contributed by atoms with Gasteiger partial charge >= 0.3 is 5.97 Å². The maximum absolute atomic E-state index is 11.5. The van der Waals surface area contributed by atoms with Crippen LogP contribution >= 0.6 is 0 Å². The van der Waals surface area contributed by atoms with Crippen LogP contribution in [0.25, 0.3) is 0 Å². The summed E-state index contributed by atoms with van der Waals surface area (Å²) >= 11 is 0. The van der Waals surface area contributed by atoms with Crippen molar-refractivity contribution >= 4 is 5.97 Å². The molecule has 2 aromatic carbocycles. The Morgan fingerprint density at radius 2 is 1.59 bits per heavy atom. The molecule has 0 bridgehead atoms. The van der Waals surface area contributed by atoms with Crippen molar-refractivity contribution in [2.75, 3.05) is 6.61 Å². The van der Waals surface area contributed by atoms with Gasteiger partial charge in [-0.25, -0.2) is 0 Å². The quantitative estimate of drug-likeness (QED) is 0.830. The van der Waals surface area contributed by atoms with Gasteiger partial charge in [0.05, 0.1) is 13.0 Å². The fourth-order valence-electron chi connectivity index (χ4n) is 2.34. The summed E-state index contributed by atoms with van der Waals surface area (Å²) in [4.78, 5) is 11.5. The van der Waals surface area contributed by atoms with Crippen molar-refractivity contribution in [1.29, 1.82) is 0 Å². The first-order valence-electron chi connectivity index (χ1n) is 7.64. The molecule has 2 rings (SSSR count). The van der Waals surface area contributed by atoms with Gasteiger partial charge in [0, 0.05) is 6.04 Å². The number of aryl methyl sites for hydroxylation is 1. The fraction of sp³-hybridized carbons (Fsp3) is 0.316. The number of ether oxygens (including phenoxy) is 1. The first kappa shape index (κ1) is 16.2. The lowest BCUT2D eigenvalue weighted by atomic mass is 9.99. The monoisotopic (exact) mass is 297 g/mol. The molecule has 0 saturated heterocycles. The minimum atomic E-state index is -0.313. The summed E-state index contributed by atoms with van der Waals surface area (Å²) in [5.41, 5.74) is 10.8. The number of esters is 1. The van der Waals surface area contributed by atoms with Crippen LogP contribution < -0.4 is 5.73 Å². The first-order valence-corrected chi connectivity index (χ1v) is 7.64. The third-order valence-corrected chi connectivity index (χ3v) is 3.63. The average Bonchev–Trinajstić information content (AvgIpc) is 2.50. The van der Waals surface area contributed by atoms with Crippen molar-refractivity contribution in [2.45, 2.75) is 32.7 Å². The van der Waals surface area contributed by atoms with E-state index >= 15 is 0 Å². The van der Waals surface area contributed by atoms with E-state index in [0.29, 0.717) is 6.61 Å². The molecule has 1 unspecified atom stereocenters. The van der Waals surface area contributed by atoms with E-state index in [0.717, 1.165) is 12.0 Å². The van der Waals surface area contributed by atoms with Crippen molar-refractivity contribution < 1.29 is 9.53 Å². The molecule has 2 aromatic rings. The molecule has 0 aliphatic carbocycles. The Balaban J connectivity index is 1.97. The van der Waals surface area contributed by atoms with E-state index in [4.69, 9.17) is 10.5 Å². The molecule has 0 fully saturated rings. The molecule has 0 aliphatic heterocycles. The van der Waals surface area contributed by atoms with Gasteiger partial charge < -0.3 is 10.5 Å². The molecule has 1 atom stereocenters. The smallest absolute Gasteiger partial charge is 0.307 e. The van der Waals surface area contributed by atoms with Gasteiger partial charge in [-0.1, -0.05) is 54.1 Å². The van der Waals surface area contributed by atoms with E-state index in [-0.39, 0.29) is 18.4 Å². The van der Waals surface area contributed by atoms with Crippen LogP contribution in [0, 0.1) is 6.92 Å². The van der Waals surface area contributed by atoms with Gasteiger partial charge in [0.1, 0.15) is 0 Å². The van der Waals surface area contributed by atoms with Gasteiger partial charge in [0.2, 0.25) is 0 Å². The molecule has 3 heteroatoms. The minimum absolute atomic E-state index is 0.213. The normalized spacial score (nSPS) is 12.0. The first-order chi connectivity index (χ1) is 10.6. The van der Waals surface area contributed by atoms with Gasteiger partial charge in [-0.05, 0) is 37.0 Å². The van der Waals surface area contributed by atoms with Gasteiger partial charge in [-0.15, -0.1) is 0 Å². The zero-order chi connectivity index (χ0) is 15.9. The van der Waals surface area contributed by atoms with E-state index in [1.807, 2.05) is 12.1 Å². The van der Waals surface area contributed by atoms with E-state index in [2.05, 4.69) is 43.3 Å². The van der Waals surface area contributed by atoms with Crippen molar-refractivity contribution in [3.05, 3.63) is 70.8 Å². The highest BCUT2D eigenvalue weighted by Gasteiger charge is 2.12. The Labute approximate surface area is 132 Å². The van der Waals surface area contributed by atoms with Gasteiger partial charge in [0.25, 0.3) is 0 Å². The molecule has 22 heavy (non-hydrogen) atoms. The van der Waals surface area contributed by atoms with Gasteiger partial charge in [-0.3, -0.25) is 4.79 Å². The average molecular weight is 297 g/mol. The van der Waals surface area contributed by atoms with Crippen LogP contribution in [0.5, 0.6) is 0 Å². The molecule has 0 amide bonds. The van der Waals surface area contributed by atoms with Crippen LogP contribution in [-0.4, -0.2) is 12.6 Å². The Hall–Kier alpha value is -2.13. The Kier molecular flexibility index (Phi) is 5.73. The number of carbonyl (C=O) groups excluding carboxylic acids is 1. The highest BCUT2D eigenvalue weighted by atomic mass is 16.5. The molecule has 0 aliphatic rings. The van der Waals surface area contributed by atoms with Crippen LogP contribution in [0.2, 0.25) is 0 Å². The summed E-state index contributed by atoms with van der Waals surface area (Å²) in [7, 11) is 0. The van der Waals surface area contributed by atoms with Gasteiger partial charge in [-0.2, -0.15) is 0 Å². The van der Waals surface area contributed by atoms with Crippen LogP contribution in [0.3, 0.4) is 0 Å². The topological polar surface area (TPSA) is 52.3 Å². The number of nitrogens with two attached hydrogens (primary N) is 1. The lowest BCUT2D eigenvalue weighted by molar-refractivity contribution is -0.143. The molecular formula is C19H23NO2. The number of rotatable bonds is 6. The van der Waals surface area contributed by atoms with Gasteiger partial charge in [0.15, 0.2) is 0 Å². The van der Waals surface area contributed by atoms with Crippen molar-refractivity contribution in [2.24, 2.45) is 5.73 Å². The zero-order valence-corrected chi connectivity index (χ0v) is 13.2. The van der Waals surface area contributed by atoms with E-state index in [1.165, 1.54) is 16.7 Å². The number of benzene rings is 2.